The molecular formula is C15H19N3O3. The van der Waals surface area contributed by atoms with Crippen LogP contribution in [0.5, 0.6) is 17.2 Å². The fourth-order valence-electron chi connectivity index (χ4n) is 2.05. The molecule has 1 aromatic heterocycles. The van der Waals surface area contributed by atoms with Gasteiger partial charge in [0.1, 0.15) is 12.0 Å². The zero-order valence-electron chi connectivity index (χ0n) is 12.6. The van der Waals surface area contributed by atoms with Crippen LogP contribution in [0.2, 0.25) is 0 Å². The standard InChI is InChI=1S/C15H19N3O3/c1-5-16-15-14(21-4)13(17-9-18-15)10-6-7-11(19-2)12(8-10)20-3/h6-9H,5H2,1-4H3,(H,16,17,18). The topological polar surface area (TPSA) is 65.5 Å². The van der Waals surface area contributed by atoms with Gasteiger partial charge >= 0.3 is 0 Å². The Morgan fingerprint density at radius 2 is 1.76 bits per heavy atom. The number of hydrogen-bond donors (Lipinski definition) is 1. The second-order valence-electron chi connectivity index (χ2n) is 4.20. The van der Waals surface area contributed by atoms with Crippen molar-refractivity contribution in [2.45, 2.75) is 6.92 Å². The zero-order chi connectivity index (χ0) is 15.2. The van der Waals surface area contributed by atoms with Crippen LogP contribution in [-0.4, -0.2) is 37.8 Å². The van der Waals surface area contributed by atoms with Gasteiger partial charge in [0.25, 0.3) is 0 Å². The molecule has 0 spiro atoms. The summed E-state index contributed by atoms with van der Waals surface area (Å²) < 4.78 is 16.0. The largest absolute Gasteiger partial charge is 0.493 e. The number of nitrogens with one attached hydrogen (secondary N) is 1. The Balaban J connectivity index is 2.53. The third-order valence-electron chi connectivity index (χ3n) is 3.01. The van der Waals surface area contributed by atoms with Gasteiger partial charge in [0, 0.05) is 12.1 Å². The predicted molar refractivity (Wildman–Crippen MR) is 81.3 cm³/mol. The summed E-state index contributed by atoms with van der Waals surface area (Å²) in [6.07, 6.45) is 1.51. The van der Waals surface area contributed by atoms with Gasteiger partial charge in [-0.3, -0.25) is 0 Å². The van der Waals surface area contributed by atoms with E-state index in [9.17, 15) is 0 Å². The molecule has 0 saturated heterocycles. The third kappa shape index (κ3) is 2.99. The number of anilines is 1. The Labute approximate surface area is 124 Å². The van der Waals surface area contributed by atoms with Crippen molar-refractivity contribution in [3.05, 3.63) is 24.5 Å². The highest BCUT2D eigenvalue weighted by atomic mass is 16.5. The van der Waals surface area contributed by atoms with E-state index in [1.807, 2.05) is 25.1 Å². The summed E-state index contributed by atoms with van der Waals surface area (Å²) in [5.74, 6) is 2.58. The number of aromatic nitrogens is 2. The second kappa shape index (κ2) is 6.78. The summed E-state index contributed by atoms with van der Waals surface area (Å²) in [6.45, 7) is 2.75. The second-order valence-corrected chi connectivity index (χ2v) is 4.20. The van der Waals surface area contributed by atoms with Gasteiger partial charge in [-0.05, 0) is 25.1 Å². The van der Waals surface area contributed by atoms with Crippen molar-refractivity contribution in [3.8, 4) is 28.5 Å². The lowest BCUT2D eigenvalue weighted by Crippen LogP contribution is -2.04. The number of methoxy groups -OCH3 is 3. The maximum absolute atomic E-state index is 5.45. The first-order valence-corrected chi connectivity index (χ1v) is 6.60. The minimum Gasteiger partial charge on any atom is -0.493 e. The van der Waals surface area contributed by atoms with E-state index in [1.165, 1.54) is 6.33 Å². The minimum atomic E-state index is 0.603. The molecule has 6 heteroatoms. The number of rotatable bonds is 6. The lowest BCUT2D eigenvalue weighted by molar-refractivity contribution is 0.355. The molecule has 0 saturated carbocycles. The summed E-state index contributed by atoms with van der Waals surface area (Å²) in [4.78, 5) is 8.52. The number of nitrogens with zero attached hydrogens (tertiary/aromatic N) is 2. The van der Waals surface area contributed by atoms with Crippen LogP contribution in [0, 0.1) is 0 Å². The molecule has 112 valence electrons. The monoisotopic (exact) mass is 289 g/mol. The third-order valence-corrected chi connectivity index (χ3v) is 3.01. The maximum atomic E-state index is 5.45. The predicted octanol–water partition coefficient (Wildman–Crippen LogP) is 2.60. The van der Waals surface area contributed by atoms with Crippen molar-refractivity contribution in [2.75, 3.05) is 33.2 Å². The summed E-state index contributed by atoms with van der Waals surface area (Å²) >= 11 is 0. The molecule has 1 aromatic carbocycles. The molecule has 2 rings (SSSR count). The lowest BCUT2D eigenvalue weighted by atomic mass is 10.1. The minimum absolute atomic E-state index is 0.603. The van der Waals surface area contributed by atoms with Crippen LogP contribution in [0.1, 0.15) is 6.92 Å². The smallest absolute Gasteiger partial charge is 0.187 e. The number of hydrogen-bond acceptors (Lipinski definition) is 6. The molecule has 1 N–H and O–H groups in total. The van der Waals surface area contributed by atoms with E-state index in [0.717, 1.165) is 12.1 Å². The molecule has 0 atom stereocenters. The van der Waals surface area contributed by atoms with Gasteiger partial charge in [-0.1, -0.05) is 0 Å². The molecule has 21 heavy (non-hydrogen) atoms. The van der Waals surface area contributed by atoms with Crippen LogP contribution in [-0.2, 0) is 0 Å². The maximum Gasteiger partial charge on any atom is 0.187 e. The Morgan fingerprint density at radius 3 is 2.38 bits per heavy atom. The van der Waals surface area contributed by atoms with Crippen LogP contribution >= 0.6 is 0 Å². The van der Waals surface area contributed by atoms with Crippen molar-refractivity contribution >= 4 is 5.82 Å². The molecule has 0 amide bonds. The highest BCUT2D eigenvalue weighted by molar-refractivity contribution is 5.74. The lowest BCUT2D eigenvalue weighted by Gasteiger charge is -2.14. The highest BCUT2D eigenvalue weighted by Crippen LogP contribution is 2.37. The first kappa shape index (κ1) is 14.9. The molecule has 0 aliphatic carbocycles. The van der Waals surface area contributed by atoms with Crippen LogP contribution in [0.25, 0.3) is 11.3 Å². The average molecular weight is 289 g/mol. The van der Waals surface area contributed by atoms with Crippen LogP contribution in [0.15, 0.2) is 24.5 Å². The average Bonchev–Trinajstić information content (AvgIpc) is 2.54. The number of benzene rings is 1. The fraction of sp³-hybridized carbons (Fsp3) is 0.333. The van der Waals surface area contributed by atoms with E-state index >= 15 is 0 Å². The molecule has 0 aliphatic heterocycles. The zero-order valence-corrected chi connectivity index (χ0v) is 12.6. The van der Waals surface area contributed by atoms with Gasteiger partial charge in [-0.2, -0.15) is 0 Å². The van der Waals surface area contributed by atoms with E-state index in [2.05, 4.69) is 15.3 Å². The first-order chi connectivity index (χ1) is 10.2. The van der Waals surface area contributed by atoms with Crippen LogP contribution < -0.4 is 19.5 Å². The van der Waals surface area contributed by atoms with Crippen molar-refractivity contribution in [1.29, 1.82) is 0 Å². The summed E-state index contributed by atoms with van der Waals surface area (Å²) in [5.41, 5.74) is 1.57. The van der Waals surface area contributed by atoms with Gasteiger partial charge in [0.2, 0.25) is 0 Å². The Bertz CT molecular complexity index is 617. The van der Waals surface area contributed by atoms with Crippen molar-refractivity contribution in [1.82, 2.24) is 9.97 Å². The van der Waals surface area contributed by atoms with E-state index in [0.29, 0.717) is 28.8 Å². The summed E-state index contributed by atoms with van der Waals surface area (Å²) in [5, 5.41) is 3.16. The van der Waals surface area contributed by atoms with Crippen LogP contribution in [0.4, 0.5) is 5.82 Å². The normalized spacial score (nSPS) is 10.1. The molecule has 0 fully saturated rings. The SMILES string of the molecule is CCNc1ncnc(-c2ccc(OC)c(OC)c2)c1OC. The van der Waals surface area contributed by atoms with Gasteiger partial charge in [-0.25, -0.2) is 9.97 Å². The van der Waals surface area contributed by atoms with Crippen molar-refractivity contribution in [3.63, 3.8) is 0 Å². The first-order valence-electron chi connectivity index (χ1n) is 6.60. The molecule has 1 heterocycles. The van der Waals surface area contributed by atoms with Crippen molar-refractivity contribution in [2.24, 2.45) is 0 Å². The van der Waals surface area contributed by atoms with Crippen LogP contribution in [0.3, 0.4) is 0 Å². The van der Waals surface area contributed by atoms with Gasteiger partial charge in [0.05, 0.1) is 21.3 Å². The summed E-state index contributed by atoms with van der Waals surface area (Å²) in [7, 11) is 4.80. The molecule has 0 radical (unpaired) electrons. The van der Waals surface area contributed by atoms with Gasteiger partial charge in [0.15, 0.2) is 23.1 Å². The summed E-state index contributed by atoms with van der Waals surface area (Å²) in [6, 6.07) is 5.60. The molecule has 2 aromatic rings. The van der Waals surface area contributed by atoms with Crippen molar-refractivity contribution < 1.29 is 14.2 Å². The molecule has 0 bridgehead atoms. The highest BCUT2D eigenvalue weighted by Gasteiger charge is 2.15. The fourth-order valence-corrected chi connectivity index (χ4v) is 2.05. The van der Waals surface area contributed by atoms with Gasteiger partial charge in [-0.15, -0.1) is 0 Å². The Kier molecular flexibility index (Phi) is 4.81. The van der Waals surface area contributed by atoms with E-state index in [4.69, 9.17) is 14.2 Å². The Hall–Kier alpha value is -2.50. The molecule has 0 aliphatic rings. The molecule has 6 nitrogen and oxygen atoms in total. The number of ether oxygens (including phenoxy) is 3. The molecule has 0 unspecified atom stereocenters. The van der Waals surface area contributed by atoms with E-state index in [1.54, 1.807) is 21.3 Å². The quantitative estimate of drug-likeness (QED) is 0.881. The van der Waals surface area contributed by atoms with Gasteiger partial charge < -0.3 is 19.5 Å². The van der Waals surface area contributed by atoms with E-state index < -0.39 is 0 Å². The molecular weight excluding hydrogens is 270 g/mol. The van der Waals surface area contributed by atoms with E-state index in [-0.39, 0.29) is 0 Å². The Morgan fingerprint density at radius 1 is 1.00 bits per heavy atom.